The van der Waals surface area contributed by atoms with Gasteiger partial charge in [0, 0.05) is 18.7 Å². The van der Waals surface area contributed by atoms with E-state index in [1.54, 1.807) is 0 Å². The summed E-state index contributed by atoms with van der Waals surface area (Å²) in [4.78, 5) is 38.1. The molecule has 1 spiro atoms. The van der Waals surface area contributed by atoms with Crippen LogP contribution in [0, 0.1) is 0 Å². The molecule has 0 bridgehead atoms. The Morgan fingerprint density at radius 3 is 2.58 bits per heavy atom. The van der Waals surface area contributed by atoms with Crippen LogP contribution in [-0.4, -0.2) is 34.8 Å². The molecule has 1 aliphatic heterocycles. The number of benzene rings is 2. The third kappa shape index (κ3) is 2.92. The predicted octanol–water partition coefficient (Wildman–Crippen LogP) is 3.03. The first-order valence-electron chi connectivity index (χ1n) is 9.00. The quantitative estimate of drug-likeness (QED) is 0.831. The van der Waals surface area contributed by atoms with Gasteiger partial charge >= 0.3 is 6.03 Å². The average molecular weight is 351 g/mol. The highest BCUT2D eigenvalue weighted by Gasteiger charge is 2.52. The van der Waals surface area contributed by atoms with Crippen LogP contribution in [0.2, 0.25) is 0 Å². The van der Waals surface area contributed by atoms with Crippen molar-refractivity contribution < 1.29 is 14.4 Å². The number of carbonyl (C=O) groups excluding carboxylic acids is 3. The molecule has 0 atom stereocenters. The molecule has 1 saturated carbocycles. The molecule has 2 fully saturated rings. The number of urea groups is 1. The lowest BCUT2D eigenvalue weighted by Crippen LogP contribution is -2.44. The molecule has 1 aliphatic carbocycles. The van der Waals surface area contributed by atoms with Gasteiger partial charge in [0.1, 0.15) is 5.54 Å². The molecule has 4 amide bonds. The molecule has 4 rings (SSSR count). The summed E-state index contributed by atoms with van der Waals surface area (Å²) in [5.41, 5.74) is -0.00973. The topological polar surface area (TPSA) is 78.5 Å². The summed E-state index contributed by atoms with van der Waals surface area (Å²) >= 11 is 0. The molecule has 6 heteroatoms. The van der Waals surface area contributed by atoms with Crippen LogP contribution in [0.4, 0.5) is 10.5 Å². The lowest BCUT2D eigenvalue weighted by molar-refractivity contribution is -0.131. The van der Waals surface area contributed by atoms with Gasteiger partial charge in [-0.25, -0.2) is 4.79 Å². The highest BCUT2D eigenvalue weighted by molar-refractivity contribution is 6.07. The van der Waals surface area contributed by atoms with E-state index in [2.05, 4.69) is 10.6 Å². The molecule has 1 saturated heterocycles. The summed E-state index contributed by atoms with van der Waals surface area (Å²) in [6, 6.07) is 13.2. The van der Waals surface area contributed by atoms with Gasteiger partial charge in [0.25, 0.3) is 5.91 Å². The number of rotatable bonds is 4. The third-order valence-electron chi connectivity index (χ3n) is 5.30. The molecule has 2 aromatic rings. The van der Waals surface area contributed by atoms with E-state index in [4.69, 9.17) is 0 Å². The van der Waals surface area contributed by atoms with Gasteiger partial charge in [-0.15, -0.1) is 0 Å². The van der Waals surface area contributed by atoms with E-state index < -0.39 is 5.54 Å². The summed E-state index contributed by atoms with van der Waals surface area (Å²) in [7, 11) is 0. The van der Waals surface area contributed by atoms with Crippen molar-refractivity contribution in [2.75, 3.05) is 11.9 Å². The second-order valence-corrected chi connectivity index (χ2v) is 7.04. The van der Waals surface area contributed by atoms with Crippen LogP contribution in [0.1, 0.15) is 32.1 Å². The van der Waals surface area contributed by atoms with Crippen molar-refractivity contribution in [1.82, 2.24) is 10.2 Å². The van der Waals surface area contributed by atoms with Crippen molar-refractivity contribution in [3.05, 3.63) is 42.5 Å². The van der Waals surface area contributed by atoms with Crippen molar-refractivity contribution in [1.29, 1.82) is 0 Å². The van der Waals surface area contributed by atoms with Crippen LogP contribution in [-0.2, 0) is 9.59 Å². The number of fused-ring (bicyclic) bond motifs is 1. The van der Waals surface area contributed by atoms with Crippen molar-refractivity contribution in [2.24, 2.45) is 0 Å². The maximum absolute atomic E-state index is 12.6. The fraction of sp³-hybridized carbons (Fsp3) is 0.350. The number of carbonyl (C=O) groups is 3. The first kappa shape index (κ1) is 16.6. The zero-order valence-electron chi connectivity index (χ0n) is 14.5. The Morgan fingerprint density at radius 2 is 1.81 bits per heavy atom. The largest absolute Gasteiger partial charge is 0.326 e. The van der Waals surface area contributed by atoms with E-state index >= 15 is 0 Å². The number of imide groups is 1. The maximum atomic E-state index is 12.6. The number of amides is 4. The fourth-order valence-electron chi connectivity index (χ4n) is 3.90. The van der Waals surface area contributed by atoms with Crippen LogP contribution >= 0.6 is 0 Å². The Labute approximate surface area is 151 Å². The second-order valence-electron chi connectivity index (χ2n) is 7.04. The third-order valence-corrected chi connectivity index (χ3v) is 5.30. The molecule has 0 unspecified atom stereocenters. The molecule has 2 aromatic carbocycles. The molecule has 0 aromatic heterocycles. The van der Waals surface area contributed by atoms with Gasteiger partial charge in [-0.05, 0) is 35.7 Å². The van der Waals surface area contributed by atoms with E-state index in [9.17, 15) is 14.4 Å². The number of hydrogen-bond donors (Lipinski definition) is 2. The lowest BCUT2D eigenvalue weighted by atomic mass is 9.98. The molecular weight excluding hydrogens is 330 g/mol. The highest BCUT2D eigenvalue weighted by atomic mass is 16.2. The Hall–Kier alpha value is -2.89. The molecule has 134 valence electrons. The van der Waals surface area contributed by atoms with Gasteiger partial charge in [-0.3, -0.25) is 14.5 Å². The minimum atomic E-state index is -0.716. The van der Waals surface area contributed by atoms with Crippen molar-refractivity contribution in [2.45, 2.75) is 37.6 Å². The van der Waals surface area contributed by atoms with Gasteiger partial charge in [0.05, 0.1) is 0 Å². The summed E-state index contributed by atoms with van der Waals surface area (Å²) < 4.78 is 0. The zero-order valence-corrected chi connectivity index (χ0v) is 14.5. The monoisotopic (exact) mass is 351 g/mol. The van der Waals surface area contributed by atoms with E-state index in [0.29, 0.717) is 18.5 Å². The second kappa shape index (κ2) is 6.44. The summed E-state index contributed by atoms with van der Waals surface area (Å²) in [5, 5.41) is 7.82. The molecule has 1 heterocycles. The average Bonchev–Trinajstić information content (AvgIpc) is 3.19. The van der Waals surface area contributed by atoms with Crippen LogP contribution in [0.15, 0.2) is 42.5 Å². The molecular formula is C20H21N3O3. The lowest BCUT2D eigenvalue weighted by Gasteiger charge is -2.19. The summed E-state index contributed by atoms with van der Waals surface area (Å²) in [6.45, 7) is 0.103. The van der Waals surface area contributed by atoms with E-state index in [1.807, 2.05) is 42.5 Å². The SMILES string of the molecule is O=C(CCN1C(=O)NC2(CCCC2)C1=O)Nc1ccc2ccccc2c1. The maximum Gasteiger partial charge on any atom is 0.325 e. The van der Waals surface area contributed by atoms with E-state index in [0.717, 1.165) is 23.6 Å². The Balaban J connectivity index is 1.37. The summed E-state index contributed by atoms with van der Waals surface area (Å²) in [6.07, 6.45) is 3.36. The van der Waals surface area contributed by atoms with Gasteiger partial charge in [0.2, 0.25) is 5.91 Å². The van der Waals surface area contributed by atoms with Crippen LogP contribution < -0.4 is 10.6 Å². The molecule has 2 N–H and O–H groups in total. The zero-order chi connectivity index (χ0) is 18.1. The molecule has 26 heavy (non-hydrogen) atoms. The number of hydrogen-bond acceptors (Lipinski definition) is 3. The van der Waals surface area contributed by atoms with Gasteiger partial charge in [-0.1, -0.05) is 43.2 Å². The number of nitrogens with one attached hydrogen (secondary N) is 2. The highest BCUT2D eigenvalue weighted by Crippen LogP contribution is 2.35. The molecule has 6 nitrogen and oxygen atoms in total. The van der Waals surface area contributed by atoms with E-state index in [1.165, 1.54) is 4.90 Å². The Bertz CT molecular complexity index is 887. The number of nitrogens with zero attached hydrogens (tertiary/aromatic N) is 1. The van der Waals surface area contributed by atoms with Crippen molar-refractivity contribution in [3.8, 4) is 0 Å². The minimum Gasteiger partial charge on any atom is -0.326 e. The van der Waals surface area contributed by atoms with Gasteiger partial charge in [0.15, 0.2) is 0 Å². The molecule has 0 radical (unpaired) electrons. The number of anilines is 1. The van der Waals surface area contributed by atoms with Crippen molar-refractivity contribution >= 4 is 34.3 Å². The minimum absolute atomic E-state index is 0.0854. The van der Waals surface area contributed by atoms with Crippen LogP contribution in [0.5, 0.6) is 0 Å². The van der Waals surface area contributed by atoms with Crippen LogP contribution in [0.3, 0.4) is 0 Å². The Morgan fingerprint density at radius 1 is 1.08 bits per heavy atom. The van der Waals surface area contributed by atoms with Crippen LogP contribution in [0.25, 0.3) is 10.8 Å². The first-order valence-corrected chi connectivity index (χ1v) is 9.00. The smallest absolute Gasteiger partial charge is 0.325 e. The first-order chi connectivity index (χ1) is 12.6. The van der Waals surface area contributed by atoms with Crippen molar-refractivity contribution in [3.63, 3.8) is 0 Å². The molecule has 2 aliphatic rings. The normalized spacial score (nSPS) is 18.5. The summed E-state index contributed by atoms with van der Waals surface area (Å²) in [5.74, 6) is -0.397. The van der Waals surface area contributed by atoms with E-state index in [-0.39, 0.29) is 30.8 Å². The standard InChI is InChI=1S/C20H21N3O3/c24-17(21-16-8-7-14-5-1-2-6-15(14)13-16)9-12-23-18(25)20(22-19(23)26)10-3-4-11-20/h1-2,5-8,13H,3-4,9-12H2,(H,21,24)(H,22,26). The predicted molar refractivity (Wildman–Crippen MR) is 98.6 cm³/mol. The van der Waals surface area contributed by atoms with Gasteiger partial charge < -0.3 is 10.6 Å². The van der Waals surface area contributed by atoms with Gasteiger partial charge in [-0.2, -0.15) is 0 Å². The fourth-order valence-corrected chi connectivity index (χ4v) is 3.90. The Kier molecular flexibility index (Phi) is 4.11.